The Bertz CT molecular complexity index is 954. The minimum absolute atomic E-state index is 0.670. The molecule has 0 aliphatic heterocycles. The van der Waals surface area contributed by atoms with Crippen LogP contribution in [0.15, 0.2) is 55.2 Å². The second-order valence-corrected chi connectivity index (χ2v) is 5.67. The van der Waals surface area contributed by atoms with Gasteiger partial charge in [-0.25, -0.2) is 14.5 Å². The van der Waals surface area contributed by atoms with Crippen molar-refractivity contribution in [1.29, 1.82) is 0 Å². The lowest BCUT2D eigenvalue weighted by atomic mass is 10.2. The minimum Gasteiger partial charge on any atom is -0.325 e. The van der Waals surface area contributed by atoms with Gasteiger partial charge in [0, 0.05) is 36.5 Å². The van der Waals surface area contributed by atoms with E-state index in [4.69, 9.17) is 4.98 Å². The van der Waals surface area contributed by atoms with Crippen LogP contribution >= 0.6 is 0 Å². The molecule has 0 aliphatic rings. The summed E-state index contributed by atoms with van der Waals surface area (Å²) in [5.41, 5.74) is 4.10. The van der Waals surface area contributed by atoms with E-state index >= 15 is 0 Å². The molecular weight excluding hydrogens is 300 g/mol. The van der Waals surface area contributed by atoms with E-state index in [0.29, 0.717) is 6.54 Å². The normalized spacial score (nSPS) is 11.2. The van der Waals surface area contributed by atoms with Crippen LogP contribution in [0.2, 0.25) is 0 Å². The van der Waals surface area contributed by atoms with E-state index in [1.165, 1.54) is 5.69 Å². The molecule has 0 atom stereocenters. The number of aromatic nitrogens is 6. The zero-order valence-corrected chi connectivity index (χ0v) is 13.5. The van der Waals surface area contributed by atoms with Crippen LogP contribution in [0.1, 0.15) is 24.7 Å². The number of hydrogen-bond acceptors (Lipinski definition) is 4. The highest BCUT2D eigenvalue weighted by Gasteiger charge is 2.14. The van der Waals surface area contributed by atoms with Gasteiger partial charge in [0.1, 0.15) is 5.82 Å². The molecule has 4 aromatic rings. The third-order valence-corrected chi connectivity index (χ3v) is 4.01. The molecule has 6 nitrogen and oxygen atoms in total. The summed E-state index contributed by atoms with van der Waals surface area (Å²) >= 11 is 0. The van der Waals surface area contributed by atoms with Crippen LogP contribution in [-0.4, -0.2) is 29.1 Å². The van der Waals surface area contributed by atoms with Crippen molar-refractivity contribution in [3.05, 3.63) is 66.6 Å². The number of pyridine rings is 1. The molecule has 0 spiro atoms. The van der Waals surface area contributed by atoms with E-state index in [1.807, 2.05) is 47.4 Å². The molecule has 24 heavy (non-hydrogen) atoms. The summed E-state index contributed by atoms with van der Waals surface area (Å²) in [7, 11) is 0. The van der Waals surface area contributed by atoms with E-state index in [2.05, 4.69) is 26.6 Å². The number of hydrogen-bond donors (Lipinski definition) is 0. The van der Waals surface area contributed by atoms with E-state index < -0.39 is 0 Å². The Morgan fingerprint density at radius 1 is 1.08 bits per heavy atom. The monoisotopic (exact) mass is 318 g/mol. The number of aryl methyl sites for hydroxylation is 1. The average molecular weight is 318 g/mol. The fourth-order valence-corrected chi connectivity index (χ4v) is 2.95. The quantitative estimate of drug-likeness (QED) is 0.567. The molecule has 4 rings (SSSR count). The van der Waals surface area contributed by atoms with Gasteiger partial charge in [0.15, 0.2) is 5.65 Å². The number of imidazole rings is 2. The molecule has 0 amide bonds. The van der Waals surface area contributed by atoms with E-state index in [1.54, 1.807) is 12.4 Å². The van der Waals surface area contributed by atoms with Crippen molar-refractivity contribution in [3.8, 4) is 11.4 Å². The second-order valence-electron chi connectivity index (χ2n) is 5.67. The summed E-state index contributed by atoms with van der Waals surface area (Å²) in [5, 5.41) is 4.45. The molecule has 0 unspecified atom stereocenters. The minimum atomic E-state index is 0.670. The lowest BCUT2D eigenvalue weighted by Gasteiger charge is -2.08. The van der Waals surface area contributed by atoms with Crippen molar-refractivity contribution in [2.45, 2.75) is 26.3 Å². The number of fused-ring (bicyclic) bond motifs is 1. The van der Waals surface area contributed by atoms with Crippen LogP contribution in [0, 0.1) is 0 Å². The SMILES string of the molecule is CCCc1c(Cn2ccnc2-c2cccnc2)nc2cccnn12. The zero-order valence-electron chi connectivity index (χ0n) is 13.5. The van der Waals surface area contributed by atoms with Gasteiger partial charge in [0.25, 0.3) is 0 Å². The fraction of sp³-hybridized carbons (Fsp3) is 0.222. The van der Waals surface area contributed by atoms with Crippen molar-refractivity contribution < 1.29 is 0 Å². The first kappa shape index (κ1) is 14.6. The Balaban J connectivity index is 1.76. The van der Waals surface area contributed by atoms with Crippen molar-refractivity contribution in [2.75, 3.05) is 0 Å². The summed E-state index contributed by atoms with van der Waals surface area (Å²) in [6.07, 6.45) is 11.2. The van der Waals surface area contributed by atoms with Crippen LogP contribution in [-0.2, 0) is 13.0 Å². The maximum Gasteiger partial charge on any atom is 0.154 e. The topological polar surface area (TPSA) is 60.9 Å². The first-order chi connectivity index (χ1) is 11.9. The predicted molar refractivity (Wildman–Crippen MR) is 91.5 cm³/mol. The maximum absolute atomic E-state index is 4.78. The lowest BCUT2D eigenvalue weighted by Crippen LogP contribution is -2.05. The van der Waals surface area contributed by atoms with Gasteiger partial charge in [0.2, 0.25) is 0 Å². The van der Waals surface area contributed by atoms with Gasteiger partial charge in [-0.1, -0.05) is 13.3 Å². The Morgan fingerprint density at radius 2 is 2.00 bits per heavy atom. The highest BCUT2D eigenvalue weighted by atomic mass is 15.3. The molecule has 0 saturated carbocycles. The Kier molecular flexibility index (Phi) is 3.78. The van der Waals surface area contributed by atoms with Crippen LogP contribution in [0.3, 0.4) is 0 Å². The predicted octanol–water partition coefficient (Wildman–Crippen LogP) is 2.99. The molecule has 4 heterocycles. The highest BCUT2D eigenvalue weighted by molar-refractivity contribution is 5.54. The van der Waals surface area contributed by atoms with E-state index in [9.17, 15) is 0 Å². The van der Waals surface area contributed by atoms with E-state index in [0.717, 1.165) is 35.6 Å². The van der Waals surface area contributed by atoms with Gasteiger partial charge >= 0.3 is 0 Å². The van der Waals surface area contributed by atoms with E-state index in [-0.39, 0.29) is 0 Å². The van der Waals surface area contributed by atoms with Gasteiger partial charge in [-0.3, -0.25) is 4.98 Å². The summed E-state index contributed by atoms with van der Waals surface area (Å²) in [5.74, 6) is 0.899. The summed E-state index contributed by atoms with van der Waals surface area (Å²) in [6.45, 7) is 2.84. The molecule has 0 N–H and O–H groups in total. The first-order valence-corrected chi connectivity index (χ1v) is 8.10. The molecule has 0 radical (unpaired) electrons. The summed E-state index contributed by atoms with van der Waals surface area (Å²) < 4.78 is 4.05. The molecule has 0 saturated heterocycles. The molecule has 4 aromatic heterocycles. The second kappa shape index (κ2) is 6.23. The summed E-state index contributed by atoms with van der Waals surface area (Å²) in [6, 6.07) is 7.85. The van der Waals surface area contributed by atoms with Gasteiger partial charge in [-0.05, 0) is 30.7 Å². The molecule has 0 bridgehead atoms. The Morgan fingerprint density at radius 3 is 2.83 bits per heavy atom. The highest BCUT2D eigenvalue weighted by Crippen LogP contribution is 2.20. The van der Waals surface area contributed by atoms with Crippen LogP contribution < -0.4 is 0 Å². The van der Waals surface area contributed by atoms with Gasteiger partial charge in [0.05, 0.1) is 17.9 Å². The lowest BCUT2D eigenvalue weighted by molar-refractivity contribution is 0.743. The molecule has 120 valence electrons. The Labute approximate surface area is 139 Å². The molecule has 6 heteroatoms. The number of rotatable bonds is 5. The van der Waals surface area contributed by atoms with Gasteiger partial charge in [-0.15, -0.1) is 0 Å². The average Bonchev–Trinajstić information content (AvgIpc) is 3.22. The molecule has 0 fully saturated rings. The zero-order chi connectivity index (χ0) is 16.4. The van der Waals surface area contributed by atoms with Crippen molar-refractivity contribution in [3.63, 3.8) is 0 Å². The molecule has 0 aliphatic carbocycles. The van der Waals surface area contributed by atoms with Crippen molar-refractivity contribution >= 4 is 5.65 Å². The van der Waals surface area contributed by atoms with Crippen molar-refractivity contribution in [1.82, 2.24) is 29.1 Å². The standard InChI is InChI=1S/C18H18N6/c1-2-5-16-15(22-17-7-4-9-21-24(16)17)13-23-11-10-20-18(23)14-6-3-8-19-12-14/h3-4,6-12H,2,5,13H2,1H3. The molecule has 0 aromatic carbocycles. The van der Waals surface area contributed by atoms with Gasteiger partial charge < -0.3 is 4.57 Å². The van der Waals surface area contributed by atoms with Crippen molar-refractivity contribution in [2.24, 2.45) is 0 Å². The van der Waals surface area contributed by atoms with Crippen LogP contribution in [0.4, 0.5) is 0 Å². The smallest absolute Gasteiger partial charge is 0.154 e. The third kappa shape index (κ3) is 2.56. The largest absolute Gasteiger partial charge is 0.325 e. The molecular formula is C18H18N6. The fourth-order valence-electron chi connectivity index (χ4n) is 2.95. The first-order valence-electron chi connectivity index (χ1n) is 8.10. The summed E-state index contributed by atoms with van der Waals surface area (Å²) in [4.78, 5) is 13.4. The number of nitrogens with zero attached hydrogens (tertiary/aromatic N) is 6. The van der Waals surface area contributed by atoms with Gasteiger partial charge in [-0.2, -0.15) is 5.10 Å². The van der Waals surface area contributed by atoms with Crippen LogP contribution in [0.25, 0.3) is 17.0 Å². The van der Waals surface area contributed by atoms with Crippen LogP contribution in [0.5, 0.6) is 0 Å². The maximum atomic E-state index is 4.78. The Hall–Kier alpha value is -3.02. The third-order valence-electron chi connectivity index (χ3n) is 4.01.